The molecule has 0 radical (unpaired) electrons. The van der Waals surface area contributed by atoms with Gasteiger partial charge in [-0.3, -0.25) is 5.10 Å². The molecule has 2 aromatic carbocycles. The Bertz CT molecular complexity index is 1100. The van der Waals surface area contributed by atoms with Crippen molar-refractivity contribution in [2.45, 2.75) is 6.18 Å². The minimum atomic E-state index is -4.40. The number of nitrogens with one attached hydrogen (secondary N) is 2. The fourth-order valence-corrected chi connectivity index (χ4v) is 2.68. The molecule has 0 spiro atoms. The number of nitrogens with zero attached hydrogens (tertiary/aromatic N) is 3. The molecule has 0 saturated carbocycles. The molecular weight excluding hydrogens is 362 g/mol. The molecule has 0 fully saturated rings. The van der Waals surface area contributed by atoms with Gasteiger partial charge in [-0.2, -0.15) is 13.2 Å². The molecule has 0 aliphatic carbocycles. The van der Waals surface area contributed by atoms with Gasteiger partial charge in [0.2, 0.25) is 0 Å². The van der Waals surface area contributed by atoms with Crippen molar-refractivity contribution in [2.75, 3.05) is 5.32 Å². The van der Waals surface area contributed by atoms with Gasteiger partial charge in [0.15, 0.2) is 5.82 Å². The van der Waals surface area contributed by atoms with Crippen molar-refractivity contribution in [3.05, 3.63) is 66.1 Å². The molecule has 0 amide bonds. The highest BCUT2D eigenvalue weighted by Crippen LogP contribution is 2.33. The summed E-state index contributed by atoms with van der Waals surface area (Å²) in [5.41, 5.74) is 1.31. The predicted octanol–water partition coefficient (Wildman–Crippen LogP) is 4.92. The van der Waals surface area contributed by atoms with Crippen LogP contribution in [0.1, 0.15) is 5.56 Å². The molecule has 136 valence electrons. The highest BCUT2D eigenvalue weighted by Gasteiger charge is 2.29. The van der Waals surface area contributed by atoms with Crippen molar-refractivity contribution in [1.82, 2.24) is 20.4 Å². The molecule has 4 aromatic rings. The lowest BCUT2D eigenvalue weighted by atomic mass is 10.1. The summed E-state index contributed by atoms with van der Waals surface area (Å²) in [7, 11) is 0. The summed E-state index contributed by atoms with van der Waals surface area (Å²) < 4.78 is 52.3. The molecule has 0 atom stereocenters. The van der Waals surface area contributed by atoms with Crippen LogP contribution in [0.3, 0.4) is 0 Å². The van der Waals surface area contributed by atoms with Crippen LogP contribution in [-0.4, -0.2) is 20.4 Å². The van der Waals surface area contributed by atoms with Crippen molar-refractivity contribution in [1.29, 1.82) is 0 Å². The Morgan fingerprint density at radius 1 is 1.00 bits per heavy atom. The van der Waals surface area contributed by atoms with Crippen LogP contribution >= 0.6 is 0 Å². The van der Waals surface area contributed by atoms with E-state index in [4.69, 9.17) is 0 Å². The van der Waals surface area contributed by atoms with E-state index in [1.165, 1.54) is 24.4 Å². The van der Waals surface area contributed by atoms with E-state index >= 15 is 0 Å². The number of aromatic amines is 1. The van der Waals surface area contributed by atoms with Gasteiger partial charge in [0, 0.05) is 17.4 Å². The third-order valence-corrected chi connectivity index (χ3v) is 3.98. The Hall–Kier alpha value is -3.49. The average molecular weight is 373 g/mol. The Morgan fingerprint density at radius 3 is 2.52 bits per heavy atom. The molecular formula is C18H11F4N5. The van der Waals surface area contributed by atoms with Gasteiger partial charge in [-0.05, 0) is 54.1 Å². The third kappa shape index (κ3) is 3.31. The number of benzene rings is 2. The summed E-state index contributed by atoms with van der Waals surface area (Å²) in [5, 5.41) is 12.8. The Balaban J connectivity index is 1.70. The molecule has 9 heteroatoms. The predicted molar refractivity (Wildman–Crippen MR) is 91.8 cm³/mol. The first-order valence-corrected chi connectivity index (χ1v) is 7.82. The third-order valence-electron chi connectivity index (χ3n) is 3.98. The number of pyridine rings is 1. The van der Waals surface area contributed by atoms with E-state index in [0.29, 0.717) is 28.1 Å². The van der Waals surface area contributed by atoms with E-state index in [0.717, 1.165) is 12.1 Å². The number of alkyl halides is 3. The Morgan fingerprint density at radius 2 is 1.78 bits per heavy atom. The van der Waals surface area contributed by atoms with E-state index in [-0.39, 0.29) is 5.52 Å². The summed E-state index contributed by atoms with van der Waals surface area (Å²) in [6.07, 6.45) is -2.87. The van der Waals surface area contributed by atoms with Crippen LogP contribution in [-0.2, 0) is 6.18 Å². The van der Waals surface area contributed by atoms with Gasteiger partial charge in [0.1, 0.15) is 16.9 Å². The highest BCUT2D eigenvalue weighted by molar-refractivity contribution is 5.85. The topological polar surface area (TPSA) is 66.5 Å². The van der Waals surface area contributed by atoms with Crippen molar-refractivity contribution >= 4 is 22.5 Å². The Labute approximate surface area is 150 Å². The summed E-state index contributed by atoms with van der Waals surface area (Å²) in [6.45, 7) is 0. The molecule has 27 heavy (non-hydrogen) atoms. The number of rotatable bonds is 3. The van der Waals surface area contributed by atoms with Crippen molar-refractivity contribution in [3.8, 4) is 11.1 Å². The maximum absolute atomic E-state index is 14.2. The van der Waals surface area contributed by atoms with Gasteiger partial charge in [0.05, 0.1) is 5.56 Å². The van der Waals surface area contributed by atoms with Crippen LogP contribution in [0.4, 0.5) is 29.1 Å². The lowest BCUT2D eigenvalue weighted by Crippen LogP contribution is -2.04. The Kier molecular flexibility index (Phi) is 3.98. The number of hydrogen-bond acceptors (Lipinski definition) is 4. The molecule has 0 unspecified atom stereocenters. The van der Waals surface area contributed by atoms with E-state index in [1.807, 2.05) is 0 Å². The number of hydrogen-bond donors (Lipinski definition) is 2. The minimum Gasteiger partial charge on any atom is -0.340 e. The van der Waals surface area contributed by atoms with Crippen LogP contribution in [0.15, 0.2) is 54.7 Å². The number of fused-ring (bicyclic) bond motifs is 1. The fourth-order valence-electron chi connectivity index (χ4n) is 2.68. The summed E-state index contributed by atoms with van der Waals surface area (Å²) in [6, 6.07) is 10.9. The molecule has 0 saturated heterocycles. The second-order valence-electron chi connectivity index (χ2n) is 5.76. The summed E-state index contributed by atoms with van der Waals surface area (Å²) in [5.74, 6) is -0.142. The number of aromatic nitrogens is 4. The first-order chi connectivity index (χ1) is 12.9. The zero-order valence-electron chi connectivity index (χ0n) is 13.5. The van der Waals surface area contributed by atoms with E-state index in [2.05, 4.69) is 25.7 Å². The highest BCUT2D eigenvalue weighted by atomic mass is 19.4. The van der Waals surface area contributed by atoms with Crippen molar-refractivity contribution in [2.24, 2.45) is 0 Å². The zero-order valence-corrected chi connectivity index (χ0v) is 13.5. The number of anilines is 2. The van der Waals surface area contributed by atoms with Crippen LogP contribution < -0.4 is 5.32 Å². The fraction of sp³-hybridized carbons (Fsp3) is 0.0556. The lowest BCUT2D eigenvalue weighted by molar-refractivity contribution is -0.137. The van der Waals surface area contributed by atoms with E-state index in [1.54, 1.807) is 18.2 Å². The normalized spacial score (nSPS) is 11.7. The number of halogens is 4. The smallest absolute Gasteiger partial charge is 0.340 e. The molecule has 0 bridgehead atoms. The molecule has 2 N–H and O–H groups in total. The lowest BCUT2D eigenvalue weighted by Gasteiger charge is -2.12. The minimum absolute atomic E-state index is 0.194. The number of H-pyrrole nitrogens is 1. The maximum Gasteiger partial charge on any atom is 0.416 e. The molecule has 4 rings (SSSR count). The second kappa shape index (κ2) is 6.35. The van der Waals surface area contributed by atoms with Crippen LogP contribution in [0.25, 0.3) is 22.2 Å². The molecule has 0 aliphatic rings. The molecule has 2 heterocycles. The second-order valence-corrected chi connectivity index (χ2v) is 5.76. The SMILES string of the molecule is Fc1cc(-c2cccnc2Nc2ccc(C(F)(F)F)cc2)cc2nn[nH]c12. The standard InChI is InChI=1S/C18H11F4N5/c19-14-8-10(9-15-16(14)26-27-25-15)13-2-1-7-23-17(13)24-12-5-3-11(4-6-12)18(20,21)22/h1-9H,(H,23,24)(H,25,26,27). The van der Waals surface area contributed by atoms with E-state index < -0.39 is 17.6 Å². The quantitative estimate of drug-likeness (QED) is 0.500. The van der Waals surface area contributed by atoms with Crippen LogP contribution in [0.2, 0.25) is 0 Å². The van der Waals surface area contributed by atoms with Gasteiger partial charge in [0.25, 0.3) is 0 Å². The summed E-state index contributed by atoms with van der Waals surface area (Å²) in [4.78, 5) is 4.22. The average Bonchev–Trinajstić information content (AvgIpc) is 3.11. The molecule has 2 aromatic heterocycles. The van der Waals surface area contributed by atoms with Gasteiger partial charge in [-0.25, -0.2) is 9.37 Å². The van der Waals surface area contributed by atoms with Crippen molar-refractivity contribution < 1.29 is 17.6 Å². The monoisotopic (exact) mass is 373 g/mol. The van der Waals surface area contributed by atoms with Crippen LogP contribution in [0, 0.1) is 5.82 Å². The van der Waals surface area contributed by atoms with Crippen molar-refractivity contribution in [3.63, 3.8) is 0 Å². The van der Waals surface area contributed by atoms with Gasteiger partial charge < -0.3 is 5.32 Å². The first-order valence-electron chi connectivity index (χ1n) is 7.82. The largest absolute Gasteiger partial charge is 0.416 e. The zero-order chi connectivity index (χ0) is 19.0. The summed E-state index contributed by atoms with van der Waals surface area (Å²) >= 11 is 0. The first kappa shape index (κ1) is 17.0. The van der Waals surface area contributed by atoms with Gasteiger partial charge in [-0.15, -0.1) is 5.10 Å². The molecule has 0 aliphatic heterocycles. The maximum atomic E-state index is 14.2. The van der Waals surface area contributed by atoms with Crippen LogP contribution in [0.5, 0.6) is 0 Å². The molecule has 5 nitrogen and oxygen atoms in total. The van der Waals surface area contributed by atoms with Gasteiger partial charge >= 0.3 is 6.18 Å². The van der Waals surface area contributed by atoms with E-state index in [9.17, 15) is 17.6 Å². The van der Waals surface area contributed by atoms with Gasteiger partial charge in [-0.1, -0.05) is 5.21 Å².